The summed E-state index contributed by atoms with van der Waals surface area (Å²) in [4.78, 5) is 19.2. The van der Waals surface area contributed by atoms with E-state index in [1.807, 2.05) is 25.9 Å². The van der Waals surface area contributed by atoms with E-state index in [-0.39, 0.29) is 5.92 Å². The lowest BCUT2D eigenvalue weighted by atomic mass is 10.2. The first kappa shape index (κ1) is 14.2. The summed E-state index contributed by atoms with van der Waals surface area (Å²) in [6, 6.07) is 0. The van der Waals surface area contributed by atoms with Crippen molar-refractivity contribution < 1.29 is 4.42 Å². The first-order valence-electron chi connectivity index (χ1n) is 6.53. The number of hydrogen-bond donors (Lipinski definition) is 1. The Labute approximate surface area is 118 Å². The number of nitrogens with one attached hydrogen (secondary N) is 1. The molecule has 2 rings (SSSR count). The van der Waals surface area contributed by atoms with Crippen molar-refractivity contribution in [2.45, 2.75) is 33.2 Å². The Morgan fingerprint density at radius 2 is 2.00 bits per heavy atom. The topological polar surface area (TPSA) is 80.0 Å². The molecule has 0 aliphatic rings. The van der Waals surface area contributed by atoms with Crippen LogP contribution in [-0.2, 0) is 6.54 Å². The molecule has 0 atom stereocenters. The Morgan fingerprint density at radius 1 is 1.25 bits per heavy atom. The summed E-state index contributed by atoms with van der Waals surface area (Å²) in [6.07, 6.45) is 1.44. The lowest BCUT2D eigenvalue weighted by Gasteiger charge is -2.14. The zero-order valence-corrected chi connectivity index (χ0v) is 12.5. The summed E-state index contributed by atoms with van der Waals surface area (Å²) < 4.78 is 5.16. The Kier molecular flexibility index (Phi) is 4.16. The van der Waals surface area contributed by atoms with Gasteiger partial charge in [-0.15, -0.1) is 0 Å². The van der Waals surface area contributed by atoms with Crippen LogP contribution >= 0.6 is 0 Å². The van der Waals surface area contributed by atoms with Gasteiger partial charge < -0.3 is 14.6 Å². The Balaban J connectivity index is 2.20. The third kappa shape index (κ3) is 3.23. The van der Waals surface area contributed by atoms with Crippen LogP contribution in [0.1, 0.15) is 37.0 Å². The van der Waals surface area contributed by atoms with Gasteiger partial charge in [-0.25, -0.2) is 4.98 Å². The Morgan fingerprint density at radius 3 is 2.55 bits per heavy atom. The second kappa shape index (κ2) is 5.85. The second-order valence-corrected chi connectivity index (χ2v) is 5.08. The molecule has 0 fully saturated rings. The standard InChI is InChI=1S/C13H20N6O/c1-8(2)11-16-12(18-13(17-11)19(4)5)14-6-10-9(3)20-7-15-10/h7-8H,6H2,1-5H3,(H,14,16,17,18). The van der Waals surface area contributed by atoms with Crippen molar-refractivity contribution in [1.82, 2.24) is 19.9 Å². The molecule has 7 nitrogen and oxygen atoms in total. The fourth-order valence-electron chi connectivity index (χ4n) is 1.58. The molecule has 0 radical (unpaired) electrons. The molecule has 20 heavy (non-hydrogen) atoms. The van der Waals surface area contributed by atoms with Crippen LogP contribution in [0.25, 0.3) is 0 Å². The third-order valence-electron chi connectivity index (χ3n) is 2.82. The minimum Gasteiger partial charge on any atom is -0.448 e. The summed E-state index contributed by atoms with van der Waals surface area (Å²) in [5.74, 6) is 3.00. The summed E-state index contributed by atoms with van der Waals surface area (Å²) >= 11 is 0. The highest BCUT2D eigenvalue weighted by atomic mass is 16.3. The van der Waals surface area contributed by atoms with Gasteiger partial charge in [0.1, 0.15) is 17.3 Å². The zero-order chi connectivity index (χ0) is 14.7. The van der Waals surface area contributed by atoms with Gasteiger partial charge in [0.05, 0.1) is 6.54 Å². The van der Waals surface area contributed by atoms with Crippen molar-refractivity contribution >= 4 is 11.9 Å². The average molecular weight is 276 g/mol. The van der Waals surface area contributed by atoms with E-state index in [1.54, 1.807) is 0 Å². The summed E-state index contributed by atoms with van der Waals surface area (Å²) in [5.41, 5.74) is 0.850. The molecule has 0 saturated heterocycles. The van der Waals surface area contributed by atoms with Crippen LogP contribution in [0.3, 0.4) is 0 Å². The number of anilines is 2. The molecular formula is C13H20N6O. The molecule has 0 aliphatic carbocycles. The van der Waals surface area contributed by atoms with Crippen molar-refractivity contribution in [2.24, 2.45) is 0 Å². The maximum Gasteiger partial charge on any atom is 0.229 e. The zero-order valence-electron chi connectivity index (χ0n) is 12.5. The maximum atomic E-state index is 5.16. The number of aryl methyl sites for hydroxylation is 1. The first-order valence-corrected chi connectivity index (χ1v) is 6.53. The molecule has 0 spiro atoms. The molecule has 2 aromatic heterocycles. The lowest BCUT2D eigenvalue weighted by Crippen LogP contribution is -2.17. The van der Waals surface area contributed by atoms with Gasteiger partial charge in [0.2, 0.25) is 11.9 Å². The predicted octanol–water partition coefficient (Wildman–Crippen LogP) is 1.97. The fraction of sp³-hybridized carbons (Fsp3) is 0.538. The number of nitrogens with zero attached hydrogens (tertiary/aromatic N) is 5. The second-order valence-electron chi connectivity index (χ2n) is 5.08. The largest absolute Gasteiger partial charge is 0.448 e. The van der Waals surface area contributed by atoms with E-state index in [4.69, 9.17) is 4.42 Å². The SMILES string of the molecule is Cc1ocnc1CNc1nc(C(C)C)nc(N(C)C)n1. The number of aromatic nitrogens is 4. The van der Waals surface area contributed by atoms with Gasteiger partial charge in [-0.1, -0.05) is 13.8 Å². The molecule has 0 bridgehead atoms. The monoisotopic (exact) mass is 276 g/mol. The van der Waals surface area contributed by atoms with Crippen LogP contribution in [0, 0.1) is 6.92 Å². The van der Waals surface area contributed by atoms with Gasteiger partial charge in [0, 0.05) is 20.0 Å². The minimum atomic E-state index is 0.242. The van der Waals surface area contributed by atoms with Crippen LogP contribution < -0.4 is 10.2 Å². The van der Waals surface area contributed by atoms with Crippen LogP contribution in [0.2, 0.25) is 0 Å². The molecule has 7 heteroatoms. The van der Waals surface area contributed by atoms with Crippen molar-refractivity contribution in [3.63, 3.8) is 0 Å². The lowest BCUT2D eigenvalue weighted by molar-refractivity contribution is 0.524. The van der Waals surface area contributed by atoms with E-state index in [0.29, 0.717) is 18.4 Å². The molecule has 0 unspecified atom stereocenters. The molecular weight excluding hydrogens is 256 g/mol. The van der Waals surface area contributed by atoms with Gasteiger partial charge in [-0.2, -0.15) is 15.0 Å². The molecule has 1 N–H and O–H groups in total. The highest BCUT2D eigenvalue weighted by Gasteiger charge is 2.11. The highest BCUT2D eigenvalue weighted by Crippen LogP contribution is 2.15. The maximum absolute atomic E-state index is 5.16. The molecule has 0 aromatic carbocycles. The Hall–Kier alpha value is -2.18. The van der Waals surface area contributed by atoms with Crippen LogP contribution in [-0.4, -0.2) is 34.0 Å². The van der Waals surface area contributed by atoms with Gasteiger partial charge >= 0.3 is 0 Å². The normalized spacial score (nSPS) is 10.9. The van der Waals surface area contributed by atoms with Crippen LogP contribution in [0.4, 0.5) is 11.9 Å². The number of hydrogen-bond acceptors (Lipinski definition) is 7. The van der Waals surface area contributed by atoms with Crippen molar-refractivity contribution in [3.8, 4) is 0 Å². The van der Waals surface area contributed by atoms with Gasteiger partial charge in [0.15, 0.2) is 6.39 Å². The van der Waals surface area contributed by atoms with Crippen molar-refractivity contribution in [3.05, 3.63) is 23.7 Å². The summed E-state index contributed by atoms with van der Waals surface area (Å²) in [6.45, 7) is 6.51. The molecule has 0 amide bonds. The minimum absolute atomic E-state index is 0.242. The number of oxazole rings is 1. The van der Waals surface area contributed by atoms with Crippen LogP contribution in [0.5, 0.6) is 0 Å². The van der Waals surface area contributed by atoms with E-state index in [1.165, 1.54) is 6.39 Å². The van der Waals surface area contributed by atoms with E-state index in [0.717, 1.165) is 17.3 Å². The predicted molar refractivity (Wildman–Crippen MR) is 76.8 cm³/mol. The molecule has 2 heterocycles. The smallest absolute Gasteiger partial charge is 0.229 e. The fourth-order valence-corrected chi connectivity index (χ4v) is 1.58. The molecule has 2 aromatic rings. The first-order chi connectivity index (χ1) is 9.47. The average Bonchev–Trinajstić information content (AvgIpc) is 2.81. The molecule has 0 saturated carbocycles. The third-order valence-corrected chi connectivity index (χ3v) is 2.82. The van der Waals surface area contributed by atoms with E-state index < -0.39 is 0 Å². The van der Waals surface area contributed by atoms with E-state index in [9.17, 15) is 0 Å². The summed E-state index contributed by atoms with van der Waals surface area (Å²) in [5, 5.41) is 3.17. The van der Waals surface area contributed by atoms with Crippen molar-refractivity contribution in [1.29, 1.82) is 0 Å². The summed E-state index contributed by atoms with van der Waals surface area (Å²) in [7, 11) is 3.82. The quantitative estimate of drug-likeness (QED) is 0.894. The van der Waals surface area contributed by atoms with Gasteiger partial charge in [-0.05, 0) is 6.92 Å². The highest BCUT2D eigenvalue weighted by molar-refractivity contribution is 5.36. The van der Waals surface area contributed by atoms with E-state index >= 15 is 0 Å². The van der Waals surface area contributed by atoms with Gasteiger partial charge in [0.25, 0.3) is 0 Å². The molecule has 0 aliphatic heterocycles. The van der Waals surface area contributed by atoms with E-state index in [2.05, 4.69) is 39.1 Å². The number of rotatable bonds is 5. The molecule has 108 valence electrons. The van der Waals surface area contributed by atoms with Crippen molar-refractivity contribution in [2.75, 3.05) is 24.3 Å². The Bertz CT molecular complexity index is 552. The van der Waals surface area contributed by atoms with Crippen LogP contribution in [0.15, 0.2) is 10.8 Å². The van der Waals surface area contributed by atoms with Gasteiger partial charge in [-0.3, -0.25) is 0 Å².